The van der Waals surface area contributed by atoms with Crippen molar-refractivity contribution in [3.05, 3.63) is 41.2 Å². The lowest BCUT2D eigenvalue weighted by atomic mass is 9.82. The molecule has 3 rings (SSSR count). The molecule has 1 aliphatic heterocycles. The first kappa shape index (κ1) is 27.1. The standard InChI is InChI=1S/C28H40FN3O3/c1-17(2)34-26(33)24(35-27(5,6)7)22-19(4)30-16-21(20-14-18(3)25(29)31-15-20)23(22)32-12-10-28(8,9)11-13-32/h14-17,24H,10-13H2,1-9H3/t24-/m0/s1. The monoisotopic (exact) mass is 485 g/mol. The number of pyridine rings is 2. The molecule has 0 unspecified atom stereocenters. The summed E-state index contributed by atoms with van der Waals surface area (Å²) in [7, 11) is 0. The van der Waals surface area contributed by atoms with Crippen molar-refractivity contribution in [1.82, 2.24) is 9.97 Å². The molecule has 0 radical (unpaired) electrons. The van der Waals surface area contributed by atoms with Crippen molar-refractivity contribution in [1.29, 1.82) is 0 Å². The van der Waals surface area contributed by atoms with Crippen molar-refractivity contribution >= 4 is 11.7 Å². The predicted molar refractivity (Wildman–Crippen MR) is 137 cm³/mol. The highest BCUT2D eigenvalue weighted by Crippen LogP contribution is 2.43. The van der Waals surface area contributed by atoms with Crippen LogP contribution in [0.1, 0.15) is 84.2 Å². The fourth-order valence-electron chi connectivity index (χ4n) is 4.39. The normalized spacial score (nSPS) is 16.9. The Morgan fingerprint density at radius 3 is 2.29 bits per heavy atom. The van der Waals surface area contributed by atoms with Gasteiger partial charge in [0, 0.05) is 53.4 Å². The number of anilines is 1. The Morgan fingerprint density at radius 2 is 1.74 bits per heavy atom. The zero-order valence-electron chi connectivity index (χ0n) is 22.7. The van der Waals surface area contributed by atoms with E-state index in [1.807, 2.05) is 41.5 Å². The second-order valence-electron chi connectivity index (χ2n) is 11.6. The Balaban J connectivity index is 2.26. The average molecular weight is 486 g/mol. The van der Waals surface area contributed by atoms with E-state index in [-0.39, 0.29) is 11.5 Å². The van der Waals surface area contributed by atoms with E-state index in [4.69, 9.17) is 9.47 Å². The number of hydrogen-bond acceptors (Lipinski definition) is 6. The third kappa shape index (κ3) is 6.57. The fraction of sp³-hybridized carbons (Fsp3) is 0.607. The molecular formula is C28H40FN3O3. The van der Waals surface area contributed by atoms with Crippen molar-refractivity contribution in [2.24, 2.45) is 5.41 Å². The van der Waals surface area contributed by atoms with Crippen LogP contribution in [0.2, 0.25) is 0 Å². The molecule has 0 aliphatic carbocycles. The Labute approximate surface area is 209 Å². The summed E-state index contributed by atoms with van der Waals surface area (Å²) >= 11 is 0. The van der Waals surface area contributed by atoms with E-state index in [0.717, 1.165) is 42.7 Å². The van der Waals surface area contributed by atoms with E-state index in [1.54, 1.807) is 19.2 Å². The zero-order chi connectivity index (χ0) is 26.1. The summed E-state index contributed by atoms with van der Waals surface area (Å²) in [5, 5.41) is 0. The van der Waals surface area contributed by atoms with Crippen LogP contribution in [0.3, 0.4) is 0 Å². The summed E-state index contributed by atoms with van der Waals surface area (Å²) in [5.41, 5.74) is 3.95. The molecule has 0 aromatic carbocycles. The summed E-state index contributed by atoms with van der Waals surface area (Å²) in [6.07, 6.45) is 4.11. The van der Waals surface area contributed by atoms with Gasteiger partial charge in [-0.15, -0.1) is 0 Å². The van der Waals surface area contributed by atoms with Gasteiger partial charge >= 0.3 is 5.97 Å². The number of halogens is 1. The van der Waals surface area contributed by atoms with Crippen molar-refractivity contribution in [3.63, 3.8) is 0 Å². The Bertz CT molecular complexity index is 1070. The molecule has 1 atom stereocenters. The van der Waals surface area contributed by atoms with Crippen LogP contribution in [-0.2, 0) is 14.3 Å². The molecule has 1 saturated heterocycles. The molecule has 3 heterocycles. The molecule has 1 aliphatic rings. The molecule has 2 aromatic heterocycles. The molecule has 0 bridgehead atoms. The first-order valence-electron chi connectivity index (χ1n) is 12.4. The van der Waals surface area contributed by atoms with Gasteiger partial charge in [-0.3, -0.25) is 4.98 Å². The van der Waals surface area contributed by atoms with Gasteiger partial charge in [-0.25, -0.2) is 9.78 Å². The molecule has 0 amide bonds. The van der Waals surface area contributed by atoms with E-state index >= 15 is 0 Å². The lowest BCUT2D eigenvalue weighted by molar-refractivity contribution is -0.171. The summed E-state index contributed by atoms with van der Waals surface area (Å²) in [5.74, 6) is -0.936. The minimum absolute atomic E-state index is 0.241. The summed E-state index contributed by atoms with van der Waals surface area (Å²) in [6, 6.07) is 1.78. The average Bonchev–Trinajstić information content (AvgIpc) is 2.73. The predicted octanol–water partition coefficient (Wildman–Crippen LogP) is 6.33. The second kappa shape index (κ2) is 10.2. The molecule has 0 N–H and O–H groups in total. The van der Waals surface area contributed by atoms with Crippen LogP contribution >= 0.6 is 0 Å². The van der Waals surface area contributed by atoms with E-state index in [9.17, 15) is 9.18 Å². The van der Waals surface area contributed by atoms with Gasteiger partial charge in [-0.05, 0) is 72.8 Å². The Morgan fingerprint density at radius 1 is 1.11 bits per heavy atom. The molecule has 192 valence electrons. The van der Waals surface area contributed by atoms with Gasteiger partial charge in [-0.1, -0.05) is 13.8 Å². The number of nitrogens with zero attached hydrogens (tertiary/aromatic N) is 3. The van der Waals surface area contributed by atoms with Crippen molar-refractivity contribution in [2.45, 2.75) is 93.0 Å². The van der Waals surface area contributed by atoms with Gasteiger partial charge in [0.2, 0.25) is 5.95 Å². The number of esters is 1. The number of aromatic nitrogens is 2. The maximum Gasteiger partial charge on any atom is 0.340 e. The van der Waals surface area contributed by atoms with Crippen LogP contribution in [-0.4, -0.2) is 40.7 Å². The fourth-order valence-corrected chi connectivity index (χ4v) is 4.39. The summed E-state index contributed by atoms with van der Waals surface area (Å²) in [6.45, 7) is 19.2. The number of carbonyl (C=O) groups is 1. The maximum absolute atomic E-state index is 14.0. The smallest absolute Gasteiger partial charge is 0.340 e. The molecule has 6 nitrogen and oxygen atoms in total. The molecule has 2 aromatic rings. The zero-order valence-corrected chi connectivity index (χ0v) is 22.7. The minimum Gasteiger partial charge on any atom is -0.461 e. The third-order valence-electron chi connectivity index (χ3n) is 6.35. The second-order valence-corrected chi connectivity index (χ2v) is 11.6. The van der Waals surface area contributed by atoms with Crippen LogP contribution < -0.4 is 4.90 Å². The number of hydrogen-bond donors (Lipinski definition) is 0. The lowest BCUT2D eigenvalue weighted by Crippen LogP contribution is -2.39. The SMILES string of the molecule is Cc1cc(-c2cnc(C)c([C@H](OC(C)(C)C)C(=O)OC(C)C)c2N2CCC(C)(C)CC2)cnc1F. The van der Waals surface area contributed by atoms with Gasteiger partial charge < -0.3 is 14.4 Å². The first-order chi connectivity index (χ1) is 16.2. The van der Waals surface area contributed by atoms with Crippen molar-refractivity contribution < 1.29 is 18.7 Å². The number of piperidine rings is 1. The quantitative estimate of drug-likeness (QED) is 0.352. The van der Waals surface area contributed by atoms with Gasteiger partial charge in [0.15, 0.2) is 6.10 Å². The number of carbonyl (C=O) groups excluding carboxylic acids is 1. The minimum atomic E-state index is -0.954. The summed E-state index contributed by atoms with van der Waals surface area (Å²) < 4.78 is 26.0. The molecule has 35 heavy (non-hydrogen) atoms. The number of aryl methyl sites for hydroxylation is 2. The first-order valence-corrected chi connectivity index (χ1v) is 12.4. The van der Waals surface area contributed by atoms with Crippen molar-refractivity contribution in [2.75, 3.05) is 18.0 Å². The maximum atomic E-state index is 14.0. The molecule has 0 spiro atoms. The van der Waals surface area contributed by atoms with Gasteiger partial charge in [0.25, 0.3) is 0 Å². The molecule has 1 fully saturated rings. The molecular weight excluding hydrogens is 445 g/mol. The Hall–Kier alpha value is -2.54. The lowest BCUT2D eigenvalue weighted by Gasteiger charge is -2.41. The van der Waals surface area contributed by atoms with E-state index < -0.39 is 23.6 Å². The molecule has 0 saturated carbocycles. The van der Waals surface area contributed by atoms with Crippen LogP contribution in [0, 0.1) is 25.2 Å². The van der Waals surface area contributed by atoms with Crippen LogP contribution in [0.15, 0.2) is 18.5 Å². The van der Waals surface area contributed by atoms with Gasteiger partial charge in [0.1, 0.15) is 0 Å². The van der Waals surface area contributed by atoms with E-state index in [2.05, 4.69) is 28.7 Å². The Kier molecular flexibility index (Phi) is 7.89. The topological polar surface area (TPSA) is 64.6 Å². The molecule has 7 heteroatoms. The highest BCUT2D eigenvalue weighted by atomic mass is 19.1. The number of rotatable bonds is 6. The largest absolute Gasteiger partial charge is 0.461 e. The summed E-state index contributed by atoms with van der Waals surface area (Å²) in [4.78, 5) is 24.4. The third-order valence-corrected chi connectivity index (χ3v) is 6.35. The van der Waals surface area contributed by atoms with Gasteiger partial charge in [-0.2, -0.15) is 4.39 Å². The van der Waals surface area contributed by atoms with E-state index in [1.165, 1.54) is 6.20 Å². The van der Waals surface area contributed by atoms with Crippen LogP contribution in [0.4, 0.5) is 10.1 Å². The van der Waals surface area contributed by atoms with Crippen molar-refractivity contribution in [3.8, 4) is 11.1 Å². The van der Waals surface area contributed by atoms with E-state index in [0.29, 0.717) is 16.8 Å². The van der Waals surface area contributed by atoms with Crippen LogP contribution in [0.25, 0.3) is 11.1 Å². The number of ether oxygens (including phenoxy) is 2. The van der Waals surface area contributed by atoms with Gasteiger partial charge in [0.05, 0.1) is 17.4 Å². The van der Waals surface area contributed by atoms with Crippen LogP contribution in [0.5, 0.6) is 0 Å². The highest BCUT2D eigenvalue weighted by molar-refractivity contribution is 5.87. The highest BCUT2D eigenvalue weighted by Gasteiger charge is 2.37.